The number of ether oxygens (including phenoxy) is 1. The zero-order chi connectivity index (χ0) is 16.1. The largest absolute Gasteiger partial charge is 0.375 e. The van der Waals surface area contributed by atoms with Gasteiger partial charge in [0.15, 0.2) is 0 Å². The van der Waals surface area contributed by atoms with Crippen molar-refractivity contribution in [2.45, 2.75) is 23.8 Å². The minimum absolute atomic E-state index is 0.0533. The van der Waals surface area contributed by atoms with E-state index in [9.17, 15) is 8.42 Å². The molecule has 2 aromatic rings. The van der Waals surface area contributed by atoms with E-state index in [0.29, 0.717) is 24.6 Å². The van der Waals surface area contributed by atoms with E-state index in [1.165, 1.54) is 5.56 Å². The van der Waals surface area contributed by atoms with Gasteiger partial charge in [0, 0.05) is 13.1 Å². The third-order valence-electron chi connectivity index (χ3n) is 4.08. The maximum atomic E-state index is 12.7. The van der Waals surface area contributed by atoms with E-state index in [0.717, 1.165) is 12.8 Å². The van der Waals surface area contributed by atoms with Crippen molar-refractivity contribution in [1.82, 2.24) is 4.31 Å². The smallest absolute Gasteiger partial charge is 0.243 e. The summed E-state index contributed by atoms with van der Waals surface area (Å²) in [5.41, 5.74) is 1.25. The highest BCUT2D eigenvalue weighted by Gasteiger charge is 2.30. The summed E-state index contributed by atoms with van der Waals surface area (Å²) in [4.78, 5) is 0.351. The first-order chi connectivity index (χ1) is 11.2. The molecule has 23 heavy (non-hydrogen) atoms. The standard InChI is InChI=1S/C18H21NO3S/c20-23(21,18-9-5-2-6-10-18)19-13-14-22-17(15-19)12-11-16-7-3-1-4-8-16/h1-10,17H,11-15H2/t17-/m0/s1. The first-order valence-corrected chi connectivity index (χ1v) is 9.31. The Kier molecular flexibility index (Phi) is 5.10. The Bertz CT molecular complexity index is 716. The molecule has 1 aliphatic rings. The van der Waals surface area contributed by atoms with Crippen molar-refractivity contribution in [1.29, 1.82) is 0 Å². The second kappa shape index (κ2) is 7.25. The fraction of sp³-hybridized carbons (Fsp3) is 0.333. The zero-order valence-corrected chi connectivity index (χ0v) is 13.8. The van der Waals surface area contributed by atoms with E-state index in [-0.39, 0.29) is 6.10 Å². The van der Waals surface area contributed by atoms with Gasteiger partial charge in [-0.3, -0.25) is 0 Å². The lowest BCUT2D eigenvalue weighted by atomic mass is 10.1. The molecule has 1 atom stereocenters. The minimum atomic E-state index is -3.42. The summed E-state index contributed by atoms with van der Waals surface area (Å²) < 4.78 is 32.7. The second-order valence-electron chi connectivity index (χ2n) is 5.69. The Balaban J connectivity index is 1.64. The molecule has 0 aliphatic carbocycles. The lowest BCUT2D eigenvalue weighted by molar-refractivity contribution is -0.00526. The van der Waals surface area contributed by atoms with Crippen molar-refractivity contribution in [2.75, 3.05) is 19.7 Å². The number of morpholine rings is 1. The van der Waals surface area contributed by atoms with Crippen LogP contribution in [0.5, 0.6) is 0 Å². The van der Waals surface area contributed by atoms with Crippen LogP contribution in [0, 0.1) is 0 Å². The summed E-state index contributed by atoms with van der Waals surface area (Å²) in [5.74, 6) is 0. The summed E-state index contributed by atoms with van der Waals surface area (Å²) in [6.07, 6.45) is 1.66. The Morgan fingerprint density at radius 2 is 1.65 bits per heavy atom. The lowest BCUT2D eigenvalue weighted by Crippen LogP contribution is -2.45. The van der Waals surface area contributed by atoms with Crippen molar-refractivity contribution in [3.05, 3.63) is 66.2 Å². The molecule has 0 bridgehead atoms. The molecule has 0 radical (unpaired) electrons. The van der Waals surface area contributed by atoms with E-state index in [1.807, 2.05) is 24.3 Å². The van der Waals surface area contributed by atoms with Crippen LogP contribution in [-0.2, 0) is 21.2 Å². The Morgan fingerprint density at radius 1 is 1.00 bits per heavy atom. The Labute approximate surface area is 137 Å². The molecule has 1 saturated heterocycles. The van der Waals surface area contributed by atoms with Crippen LogP contribution >= 0.6 is 0 Å². The molecule has 0 unspecified atom stereocenters. The maximum Gasteiger partial charge on any atom is 0.243 e. The average Bonchev–Trinajstić information content (AvgIpc) is 2.62. The molecule has 0 amide bonds. The maximum absolute atomic E-state index is 12.7. The van der Waals surface area contributed by atoms with Crippen molar-refractivity contribution in [3.63, 3.8) is 0 Å². The summed E-state index contributed by atoms with van der Waals surface area (Å²) in [7, 11) is -3.42. The number of aryl methyl sites for hydroxylation is 1. The average molecular weight is 331 g/mol. The summed E-state index contributed by atoms with van der Waals surface area (Å²) in [5, 5.41) is 0. The molecule has 1 fully saturated rings. The Hall–Kier alpha value is -1.69. The van der Waals surface area contributed by atoms with Crippen LogP contribution in [0.3, 0.4) is 0 Å². The van der Waals surface area contributed by atoms with Gasteiger partial charge < -0.3 is 4.74 Å². The number of rotatable bonds is 5. The number of hydrogen-bond donors (Lipinski definition) is 0. The van der Waals surface area contributed by atoms with Gasteiger partial charge >= 0.3 is 0 Å². The highest BCUT2D eigenvalue weighted by molar-refractivity contribution is 7.89. The normalized spacial score (nSPS) is 19.6. The van der Waals surface area contributed by atoms with E-state index in [2.05, 4.69) is 12.1 Å². The number of benzene rings is 2. The minimum Gasteiger partial charge on any atom is -0.375 e. The molecule has 0 saturated carbocycles. The molecule has 1 aliphatic heterocycles. The zero-order valence-electron chi connectivity index (χ0n) is 13.0. The summed E-state index contributed by atoms with van der Waals surface area (Å²) in [6, 6.07) is 18.8. The highest BCUT2D eigenvalue weighted by atomic mass is 32.2. The second-order valence-corrected chi connectivity index (χ2v) is 7.63. The Morgan fingerprint density at radius 3 is 2.35 bits per heavy atom. The topological polar surface area (TPSA) is 46.6 Å². The van der Waals surface area contributed by atoms with Gasteiger partial charge in [-0.15, -0.1) is 0 Å². The van der Waals surface area contributed by atoms with Crippen LogP contribution in [0.2, 0.25) is 0 Å². The van der Waals surface area contributed by atoms with Crippen LogP contribution in [0.4, 0.5) is 0 Å². The van der Waals surface area contributed by atoms with Crippen LogP contribution in [0.1, 0.15) is 12.0 Å². The summed E-state index contributed by atoms with van der Waals surface area (Å²) >= 11 is 0. The molecule has 0 N–H and O–H groups in total. The van der Waals surface area contributed by atoms with Gasteiger partial charge in [0.25, 0.3) is 0 Å². The van der Waals surface area contributed by atoms with Crippen LogP contribution in [0.15, 0.2) is 65.6 Å². The van der Waals surface area contributed by atoms with Crippen molar-refractivity contribution >= 4 is 10.0 Å². The molecule has 122 valence electrons. The molecular formula is C18H21NO3S. The lowest BCUT2D eigenvalue weighted by Gasteiger charge is -2.32. The van der Waals surface area contributed by atoms with Gasteiger partial charge in [-0.05, 0) is 30.5 Å². The number of hydrogen-bond acceptors (Lipinski definition) is 3. The molecule has 2 aromatic carbocycles. The van der Waals surface area contributed by atoms with E-state index >= 15 is 0 Å². The molecular weight excluding hydrogens is 310 g/mol. The van der Waals surface area contributed by atoms with E-state index < -0.39 is 10.0 Å². The highest BCUT2D eigenvalue weighted by Crippen LogP contribution is 2.20. The number of sulfonamides is 1. The van der Waals surface area contributed by atoms with Gasteiger partial charge in [-0.25, -0.2) is 8.42 Å². The predicted molar refractivity (Wildman–Crippen MR) is 89.7 cm³/mol. The van der Waals surface area contributed by atoms with E-state index in [4.69, 9.17) is 4.74 Å². The quantitative estimate of drug-likeness (QED) is 0.846. The third-order valence-corrected chi connectivity index (χ3v) is 5.96. The van der Waals surface area contributed by atoms with E-state index in [1.54, 1.807) is 28.6 Å². The van der Waals surface area contributed by atoms with Crippen LogP contribution in [-0.4, -0.2) is 38.5 Å². The van der Waals surface area contributed by atoms with Gasteiger partial charge in [0.05, 0.1) is 17.6 Å². The number of nitrogens with zero attached hydrogens (tertiary/aromatic N) is 1. The molecule has 4 nitrogen and oxygen atoms in total. The third kappa shape index (κ3) is 3.99. The van der Waals surface area contributed by atoms with Crippen molar-refractivity contribution < 1.29 is 13.2 Å². The fourth-order valence-corrected chi connectivity index (χ4v) is 4.28. The SMILES string of the molecule is O=S(=O)(c1ccccc1)N1CCO[C@@H](CCc2ccccc2)C1. The molecule has 0 spiro atoms. The monoisotopic (exact) mass is 331 g/mol. The molecule has 5 heteroatoms. The van der Waals surface area contributed by atoms with Gasteiger partial charge in [0.1, 0.15) is 0 Å². The fourth-order valence-electron chi connectivity index (χ4n) is 2.80. The van der Waals surface area contributed by atoms with Crippen molar-refractivity contribution in [2.24, 2.45) is 0 Å². The summed E-state index contributed by atoms with van der Waals surface area (Å²) in [6.45, 7) is 1.29. The van der Waals surface area contributed by atoms with Crippen LogP contribution in [0.25, 0.3) is 0 Å². The first-order valence-electron chi connectivity index (χ1n) is 7.87. The molecule has 1 heterocycles. The first kappa shape index (κ1) is 16.2. The predicted octanol–water partition coefficient (Wildman–Crippen LogP) is 2.71. The van der Waals surface area contributed by atoms with Crippen LogP contribution < -0.4 is 0 Å². The van der Waals surface area contributed by atoms with Crippen molar-refractivity contribution in [3.8, 4) is 0 Å². The molecule has 0 aromatic heterocycles. The van der Waals surface area contributed by atoms with Gasteiger partial charge in [-0.1, -0.05) is 48.5 Å². The van der Waals surface area contributed by atoms with Gasteiger partial charge in [-0.2, -0.15) is 4.31 Å². The van der Waals surface area contributed by atoms with Gasteiger partial charge in [0.2, 0.25) is 10.0 Å². The molecule has 3 rings (SSSR count).